The molecule has 118 valence electrons. The molecule has 0 saturated carbocycles. The van der Waals surface area contributed by atoms with E-state index in [1.165, 1.54) is 13.2 Å². The lowest BCUT2D eigenvalue weighted by molar-refractivity contribution is 0.0568. The molecule has 8 heteroatoms. The Kier molecular flexibility index (Phi) is 5.02. The molecular formula is C13H19FN2O4S. The van der Waals surface area contributed by atoms with E-state index in [-0.39, 0.29) is 28.8 Å². The quantitative estimate of drug-likeness (QED) is 0.794. The highest BCUT2D eigenvalue weighted by Gasteiger charge is 2.21. The standard InChI is InChI=1S/C13H19FN2O4S/c1-19-13-11(14)5-10(6-12(13)15)21(17,18)16-7-9-3-2-4-20-8-9/h5-6,9,16H,2-4,7-8,15H2,1H3. The van der Waals surface area contributed by atoms with Gasteiger partial charge in [-0.2, -0.15) is 0 Å². The zero-order chi connectivity index (χ0) is 15.5. The summed E-state index contributed by atoms with van der Waals surface area (Å²) in [4.78, 5) is -0.213. The number of hydrogen-bond donors (Lipinski definition) is 2. The number of rotatable bonds is 5. The smallest absolute Gasteiger partial charge is 0.240 e. The average molecular weight is 318 g/mol. The Labute approximate surface area is 123 Å². The maximum absolute atomic E-state index is 13.7. The molecule has 1 aromatic rings. The molecule has 0 aliphatic carbocycles. The number of nitrogens with one attached hydrogen (secondary N) is 1. The van der Waals surface area contributed by atoms with Crippen LogP contribution in [0.4, 0.5) is 10.1 Å². The number of sulfonamides is 1. The fraction of sp³-hybridized carbons (Fsp3) is 0.538. The van der Waals surface area contributed by atoms with Crippen molar-refractivity contribution in [3.05, 3.63) is 17.9 Å². The third kappa shape index (κ3) is 3.84. The molecular weight excluding hydrogens is 299 g/mol. The molecule has 1 atom stereocenters. The van der Waals surface area contributed by atoms with Gasteiger partial charge in [0.15, 0.2) is 11.6 Å². The summed E-state index contributed by atoms with van der Waals surface area (Å²) in [7, 11) is -2.54. The lowest BCUT2D eigenvalue weighted by Crippen LogP contribution is -2.33. The maximum atomic E-state index is 13.7. The summed E-state index contributed by atoms with van der Waals surface area (Å²) in [5.41, 5.74) is 5.53. The Bertz CT molecular complexity index is 577. The van der Waals surface area contributed by atoms with Gasteiger partial charge in [-0.25, -0.2) is 17.5 Å². The van der Waals surface area contributed by atoms with Crippen LogP contribution in [0.5, 0.6) is 5.75 Å². The zero-order valence-electron chi connectivity index (χ0n) is 11.8. The van der Waals surface area contributed by atoms with Crippen LogP contribution in [-0.2, 0) is 14.8 Å². The lowest BCUT2D eigenvalue weighted by atomic mass is 10.0. The Morgan fingerprint density at radius 2 is 2.29 bits per heavy atom. The van der Waals surface area contributed by atoms with Crippen molar-refractivity contribution in [2.75, 3.05) is 32.6 Å². The van der Waals surface area contributed by atoms with Gasteiger partial charge in [-0.05, 0) is 30.9 Å². The van der Waals surface area contributed by atoms with Crippen molar-refractivity contribution < 1.29 is 22.3 Å². The maximum Gasteiger partial charge on any atom is 0.240 e. The van der Waals surface area contributed by atoms with Crippen molar-refractivity contribution in [3.8, 4) is 5.75 Å². The Morgan fingerprint density at radius 3 is 2.86 bits per heavy atom. The van der Waals surface area contributed by atoms with Crippen LogP contribution in [0.25, 0.3) is 0 Å². The predicted molar refractivity (Wildman–Crippen MR) is 76.1 cm³/mol. The van der Waals surface area contributed by atoms with E-state index in [2.05, 4.69) is 4.72 Å². The van der Waals surface area contributed by atoms with Gasteiger partial charge in [-0.15, -0.1) is 0 Å². The summed E-state index contributed by atoms with van der Waals surface area (Å²) in [5.74, 6) is -0.831. The van der Waals surface area contributed by atoms with Crippen molar-refractivity contribution in [1.29, 1.82) is 0 Å². The van der Waals surface area contributed by atoms with Crippen LogP contribution in [-0.4, -0.2) is 35.3 Å². The summed E-state index contributed by atoms with van der Waals surface area (Å²) in [6.07, 6.45) is 1.82. The minimum absolute atomic E-state index is 0.0566. The van der Waals surface area contributed by atoms with E-state index >= 15 is 0 Å². The topological polar surface area (TPSA) is 90.7 Å². The van der Waals surface area contributed by atoms with E-state index in [9.17, 15) is 12.8 Å². The summed E-state index contributed by atoms with van der Waals surface area (Å²) in [6, 6.07) is 2.08. The second kappa shape index (κ2) is 6.59. The number of hydrogen-bond acceptors (Lipinski definition) is 5. The third-order valence-corrected chi connectivity index (χ3v) is 4.78. The van der Waals surface area contributed by atoms with Crippen molar-refractivity contribution in [1.82, 2.24) is 4.72 Å². The minimum atomic E-state index is -3.81. The fourth-order valence-electron chi connectivity index (χ4n) is 2.24. The molecule has 6 nitrogen and oxygen atoms in total. The van der Waals surface area contributed by atoms with Crippen molar-refractivity contribution in [3.63, 3.8) is 0 Å². The van der Waals surface area contributed by atoms with Gasteiger partial charge in [0.1, 0.15) is 0 Å². The van der Waals surface area contributed by atoms with Crippen LogP contribution in [0, 0.1) is 11.7 Å². The third-order valence-electron chi connectivity index (χ3n) is 3.38. The van der Waals surface area contributed by atoms with Crippen LogP contribution < -0.4 is 15.2 Å². The minimum Gasteiger partial charge on any atom is -0.492 e. The Morgan fingerprint density at radius 1 is 1.52 bits per heavy atom. The highest BCUT2D eigenvalue weighted by Crippen LogP contribution is 2.28. The van der Waals surface area contributed by atoms with E-state index in [4.69, 9.17) is 15.2 Å². The van der Waals surface area contributed by atoms with Crippen LogP contribution in [0.2, 0.25) is 0 Å². The van der Waals surface area contributed by atoms with Gasteiger partial charge >= 0.3 is 0 Å². The zero-order valence-corrected chi connectivity index (χ0v) is 12.6. The number of ether oxygens (including phenoxy) is 2. The molecule has 0 radical (unpaired) electrons. The second-order valence-electron chi connectivity index (χ2n) is 4.96. The van der Waals surface area contributed by atoms with Crippen molar-refractivity contribution in [2.24, 2.45) is 5.92 Å². The van der Waals surface area contributed by atoms with Crippen molar-refractivity contribution in [2.45, 2.75) is 17.7 Å². The molecule has 1 aromatic carbocycles. The molecule has 0 bridgehead atoms. The molecule has 1 saturated heterocycles. The monoisotopic (exact) mass is 318 g/mol. The molecule has 0 aromatic heterocycles. The van der Waals surface area contributed by atoms with E-state index in [1.807, 2.05) is 0 Å². The van der Waals surface area contributed by atoms with E-state index in [1.54, 1.807) is 0 Å². The SMILES string of the molecule is COc1c(N)cc(S(=O)(=O)NCC2CCCOC2)cc1F. The number of halogens is 1. The first-order chi connectivity index (χ1) is 9.94. The number of benzene rings is 1. The first kappa shape index (κ1) is 16.0. The molecule has 1 fully saturated rings. The number of nitrogen functional groups attached to an aromatic ring is 1. The van der Waals surface area contributed by atoms with Gasteiger partial charge in [0, 0.05) is 13.2 Å². The number of nitrogens with two attached hydrogens (primary N) is 1. The van der Waals surface area contributed by atoms with Gasteiger partial charge in [0.05, 0.1) is 24.3 Å². The van der Waals surface area contributed by atoms with E-state index < -0.39 is 15.8 Å². The van der Waals surface area contributed by atoms with Crippen LogP contribution in [0.15, 0.2) is 17.0 Å². The molecule has 3 N–H and O–H groups in total. The average Bonchev–Trinajstić information content (AvgIpc) is 2.46. The predicted octanol–water partition coefficient (Wildman–Crippen LogP) is 1.12. The summed E-state index contributed by atoms with van der Waals surface area (Å²) in [5, 5.41) is 0. The van der Waals surface area contributed by atoms with E-state index in [0.717, 1.165) is 18.9 Å². The Balaban J connectivity index is 2.12. The molecule has 1 heterocycles. The fourth-order valence-corrected chi connectivity index (χ4v) is 3.40. The summed E-state index contributed by atoms with van der Waals surface area (Å²) < 4.78 is 50.6. The largest absolute Gasteiger partial charge is 0.492 e. The first-order valence-corrected chi connectivity index (χ1v) is 8.13. The lowest BCUT2D eigenvalue weighted by Gasteiger charge is -2.22. The van der Waals surface area contributed by atoms with E-state index in [0.29, 0.717) is 13.2 Å². The van der Waals surface area contributed by atoms with Gasteiger partial charge in [0.2, 0.25) is 10.0 Å². The normalized spacial score (nSPS) is 19.4. The first-order valence-electron chi connectivity index (χ1n) is 6.64. The van der Waals surface area contributed by atoms with Crippen LogP contribution >= 0.6 is 0 Å². The number of anilines is 1. The van der Waals surface area contributed by atoms with Gasteiger partial charge in [0.25, 0.3) is 0 Å². The second-order valence-corrected chi connectivity index (χ2v) is 6.73. The van der Waals surface area contributed by atoms with Gasteiger partial charge < -0.3 is 15.2 Å². The molecule has 1 aliphatic heterocycles. The van der Waals surface area contributed by atoms with Crippen molar-refractivity contribution >= 4 is 15.7 Å². The van der Waals surface area contributed by atoms with Gasteiger partial charge in [-0.3, -0.25) is 0 Å². The molecule has 0 amide bonds. The molecule has 0 spiro atoms. The van der Waals surface area contributed by atoms with Gasteiger partial charge in [-0.1, -0.05) is 0 Å². The van der Waals surface area contributed by atoms with Crippen LogP contribution in [0.3, 0.4) is 0 Å². The molecule has 2 rings (SSSR count). The Hall–Kier alpha value is -1.38. The van der Waals surface area contributed by atoms with Crippen LogP contribution in [0.1, 0.15) is 12.8 Å². The molecule has 21 heavy (non-hydrogen) atoms. The summed E-state index contributed by atoms with van der Waals surface area (Å²) >= 11 is 0. The summed E-state index contributed by atoms with van der Waals surface area (Å²) in [6.45, 7) is 1.50. The highest BCUT2D eigenvalue weighted by atomic mass is 32.2. The highest BCUT2D eigenvalue weighted by molar-refractivity contribution is 7.89. The molecule has 1 aliphatic rings. The molecule has 1 unspecified atom stereocenters. The number of methoxy groups -OCH3 is 1.